The van der Waals surface area contributed by atoms with Gasteiger partial charge in [-0.05, 0) is 36.2 Å². The molecule has 2 N–H and O–H groups in total. The van der Waals surface area contributed by atoms with E-state index >= 15 is 0 Å². The van der Waals surface area contributed by atoms with E-state index in [1.54, 1.807) is 12.1 Å². The molecule has 2 nitrogen and oxygen atoms in total. The Bertz CT molecular complexity index is 506. The van der Waals surface area contributed by atoms with Crippen LogP contribution in [0.2, 0.25) is 0 Å². The Morgan fingerprint density at radius 1 is 1.00 bits per heavy atom. The van der Waals surface area contributed by atoms with Gasteiger partial charge < -0.3 is 10.2 Å². The van der Waals surface area contributed by atoms with Crippen LogP contribution < -0.4 is 0 Å². The smallest absolute Gasteiger partial charge is 0.133 e. The molecule has 0 unspecified atom stereocenters. The van der Waals surface area contributed by atoms with Crippen LogP contribution in [0.5, 0.6) is 11.5 Å². The SMILES string of the molecule is CCc1ccc(Sc2ccc(O)cc2O)cc1. The molecular formula is C14H14O2S. The van der Waals surface area contributed by atoms with E-state index in [0.717, 1.165) is 16.2 Å². The summed E-state index contributed by atoms with van der Waals surface area (Å²) in [5.74, 6) is 0.183. The first-order chi connectivity index (χ1) is 8.19. The summed E-state index contributed by atoms with van der Waals surface area (Å²) in [5.41, 5.74) is 1.30. The third-order valence-electron chi connectivity index (χ3n) is 2.50. The Kier molecular flexibility index (Phi) is 3.59. The Morgan fingerprint density at radius 2 is 1.71 bits per heavy atom. The molecule has 0 heterocycles. The minimum absolute atomic E-state index is 0.0770. The van der Waals surface area contributed by atoms with Gasteiger partial charge in [0.2, 0.25) is 0 Å². The van der Waals surface area contributed by atoms with E-state index in [0.29, 0.717) is 0 Å². The van der Waals surface area contributed by atoms with Gasteiger partial charge in [0.1, 0.15) is 11.5 Å². The molecule has 0 fully saturated rings. The molecule has 88 valence electrons. The molecule has 2 aromatic rings. The maximum absolute atomic E-state index is 9.67. The summed E-state index contributed by atoms with van der Waals surface area (Å²) >= 11 is 1.48. The van der Waals surface area contributed by atoms with Crippen molar-refractivity contribution in [1.82, 2.24) is 0 Å². The fraction of sp³-hybridized carbons (Fsp3) is 0.143. The lowest BCUT2D eigenvalue weighted by Gasteiger charge is -2.05. The van der Waals surface area contributed by atoms with E-state index in [4.69, 9.17) is 0 Å². The second-order valence-electron chi connectivity index (χ2n) is 3.75. The van der Waals surface area contributed by atoms with Crippen LogP contribution in [0, 0.1) is 0 Å². The predicted molar refractivity (Wildman–Crippen MR) is 69.7 cm³/mol. The van der Waals surface area contributed by atoms with Crippen molar-refractivity contribution in [2.75, 3.05) is 0 Å². The van der Waals surface area contributed by atoms with Gasteiger partial charge in [0.25, 0.3) is 0 Å². The van der Waals surface area contributed by atoms with Crippen LogP contribution in [0.4, 0.5) is 0 Å². The van der Waals surface area contributed by atoms with Crippen LogP contribution >= 0.6 is 11.8 Å². The van der Waals surface area contributed by atoms with Crippen LogP contribution in [0.1, 0.15) is 12.5 Å². The normalized spacial score (nSPS) is 10.4. The first-order valence-electron chi connectivity index (χ1n) is 5.48. The van der Waals surface area contributed by atoms with E-state index in [1.165, 1.54) is 23.4 Å². The van der Waals surface area contributed by atoms with Crippen LogP contribution in [0.15, 0.2) is 52.3 Å². The molecule has 0 saturated carbocycles. The number of hydrogen-bond donors (Lipinski definition) is 2. The summed E-state index contributed by atoms with van der Waals surface area (Å²) in [6.45, 7) is 2.12. The molecule has 0 bridgehead atoms. The second-order valence-corrected chi connectivity index (χ2v) is 4.87. The van der Waals surface area contributed by atoms with Crippen molar-refractivity contribution in [2.45, 2.75) is 23.1 Å². The summed E-state index contributed by atoms with van der Waals surface area (Å²) in [5, 5.41) is 18.9. The van der Waals surface area contributed by atoms with E-state index in [9.17, 15) is 10.2 Å². The number of phenolic OH excluding ortho intramolecular Hbond substituents is 2. The van der Waals surface area contributed by atoms with E-state index in [1.807, 2.05) is 12.1 Å². The molecule has 2 aromatic carbocycles. The fourth-order valence-electron chi connectivity index (χ4n) is 1.51. The van der Waals surface area contributed by atoms with Crippen molar-refractivity contribution in [1.29, 1.82) is 0 Å². The molecule has 2 rings (SSSR count). The highest BCUT2D eigenvalue weighted by atomic mass is 32.2. The molecule has 0 saturated heterocycles. The zero-order valence-electron chi connectivity index (χ0n) is 9.55. The Morgan fingerprint density at radius 3 is 2.29 bits per heavy atom. The highest BCUT2D eigenvalue weighted by Gasteiger charge is 2.04. The zero-order chi connectivity index (χ0) is 12.3. The fourth-order valence-corrected chi connectivity index (χ4v) is 2.34. The number of aromatic hydroxyl groups is 2. The molecule has 17 heavy (non-hydrogen) atoms. The third-order valence-corrected chi connectivity index (χ3v) is 3.57. The number of hydrogen-bond acceptors (Lipinski definition) is 3. The Balaban J connectivity index is 2.19. The average Bonchev–Trinajstić information content (AvgIpc) is 2.34. The lowest BCUT2D eigenvalue weighted by molar-refractivity contribution is 0.442. The highest BCUT2D eigenvalue weighted by molar-refractivity contribution is 7.99. The summed E-state index contributed by atoms with van der Waals surface area (Å²) in [4.78, 5) is 1.82. The minimum Gasteiger partial charge on any atom is -0.508 e. The number of rotatable bonds is 3. The van der Waals surface area contributed by atoms with Crippen LogP contribution in [-0.4, -0.2) is 10.2 Å². The summed E-state index contributed by atoms with van der Waals surface area (Å²) in [6, 6.07) is 12.9. The molecule has 0 aliphatic rings. The molecule has 0 aliphatic heterocycles. The van der Waals surface area contributed by atoms with Crippen LogP contribution in [-0.2, 0) is 6.42 Å². The van der Waals surface area contributed by atoms with Gasteiger partial charge in [-0.15, -0.1) is 0 Å². The monoisotopic (exact) mass is 246 g/mol. The second kappa shape index (κ2) is 5.15. The van der Waals surface area contributed by atoms with Gasteiger partial charge in [0, 0.05) is 11.0 Å². The summed E-state index contributed by atoms with van der Waals surface area (Å²) in [6.07, 6.45) is 1.02. The van der Waals surface area contributed by atoms with Gasteiger partial charge in [-0.3, -0.25) is 0 Å². The molecule has 0 amide bonds. The van der Waals surface area contributed by atoms with E-state index in [-0.39, 0.29) is 11.5 Å². The largest absolute Gasteiger partial charge is 0.508 e. The molecule has 0 aliphatic carbocycles. The van der Waals surface area contributed by atoms with Gasteiger partial charge in [-0.25, -0.2) is 0 Å². The van der Waals surface area contributed by atoms with Gasteiger partial charge in [0.05, 0.1) is 4.90 Å². The minimum atomic E-state index is 0.0770. The van der Waals surface area contributed by atoms with Crippen molar-refractivity contribution in [3.05, 3.63) is 48.0 Å². The number of aryl methyl sites for hydroxylation is 1. The van der Waals surface area contributed by atoms with Crippen LogP contribution in [0.3, 0.4) is 0 Å². The number of benzene rings is 2. The number of phenols is 2. The lowest BCUT2D eigenvalue weighted by Crippen LogP contribution is -1.79. The lowest BCUT2D eigenvalue weighted by atomic mass is 10.2. The molecule has 0 radical (unpaired) electrons. The quantitative estimate of drug-likeness (QED) is 0.865. The maximum Gasteiger partial charge on any atom is 0.133 e. The highest BCUT2D eigenvalue weighted by Crippen LogP contribution is 2.36. The summed E-state index contributed by atoms with van der Waals surface area (Å²) in [7, 11) is 0. The molecule has 0 spiro atoms. The van der Waals surface area contributed by atoms with Gasteiger partial charge in [-0.1, -0.05) is 30.8 Å². The van der Waals surface area contributed by atoms with Crippen molar-refractivity contribution < 1.29 is 10.2 Å². The van der Waals surface area contributed by atoms with Crippen molar-refractivity contribution in [3.8, 4) is 11.5 Å². The molecular weight excluding hydrogens is 232 g/mol. The van der Waals surface area contributed by atoms with Gasteiger partial charge in [-0.2, -0.15) is 0 Å². The van der Waals surface area contributed by atoms with Crippen molar-refractivity contribution in [2.24, 2.45) is 0 Å². The van der Waals surface area contributed by atoms with E-state index in [2.05, 4.69) is 19.1 Å². The average molecular weight is 246 g/mol. The van der Waals surface area contributed by atoms with Crippen molar-refractivity contribution in [3.63, 3.8) is 0 Å². The Labute approximate surface area is 105 Å². The van der Waals surface area contributed by atoms with E-state index < -0.39 is 0 Å². The topological polar surface area (TPSA) is 40.5 Å². The first kappa shape index (κ1) is 11.9. The first-order valence-corrected chi connectivity index (χ1v) is 6.29. The maximum atomic E-state index is 9.67. The molecule has 3 heteroatoms. The zero-order valence-corrected chi connectivity index (χ0v) is 10.4. The van der Waals surface area contributed by atoms with Gasteiger partial charge >= 0.3 is 0 Å². The van der Waals surface area contributed by atoms with Crippen molar-refractivity contribution >= 4 is 11.8 Å². The van der Waals surface area contributed by atoms with Gasteiger partial charge in [0.15, 0.2) is 0 Å². The molecule has 0 atom stereocenters. The predicted octanol–water partition coefficient (Wildman–Crippen LogP) is 3.81. The molecule has 0 aromatic heterocycles. The third kappa shape index (κ3) is 2.94. The Hall–Kier alpha value is -1.61. The standard InChI is InChI=1S/C14H14O2S/c1-2-10-3-6-12(7-4-10)17-14-8-5-11(15)9-13(14)16/h3-9,15-16H,2H2,1H3. The van der Waals surface area contributed by atoms with Crippen LogP contribution in [0.25, 0.3) is 0 Å². The summed E-state index contributed by atoms with van der Waals surface area (Å²) < 4.78 is 0.